The highest BCUT2D eigenvalue weighted by Gasteiger charge is 2.23. The quantitative estimate of drug-likeness (QED) is 0.552. The van der Waals surface area contributed by atoms with E-state index in [0.717, 1.165) is 0 Å². The topological polar surface area (TPSA) is 87.5 Å². The van der Waals surface area contributed by atoms with Crippen LogP contribution >= 0.6 is 23.4 Å². The third-order valence-electron chi connectivity index (χ3n) is 4.27. The van der Waals surface area contributed by atoms with Crippen molar-refractivity contribution in [2.75, 3.05) is 32.9 Å². The molecule has 1 amide bonds. The number of nitrogens with zero attached hydrogens (tertiary/aromatic N) is 3. The van der Waals surface area contributed by atoms with Crippen molar-refractivity contribution in [3.05, 3.63) is 47.1 Å². The van der Waals surface area contributed by atoms with Crippen molar-refractivity contribution in [2.24, 2.45) is 0 Å². The Morgan fingerprint density at radius 1 is 1.07 bits per heavy atom. The number of aromatic nitrogens is 3. The number of thioether (sulfide) groups is 1. The van der Waals surface area contributed by atoms with Crippen molar-refractivity contribution in [3.8, 4) is 28.5 Å². The molecule has 3 aromatic rings. The van der Waals surface area contributed by atoms with E-state index in [4.69, 9.17) is 25.8 Å². The number of anilines is 1. The first-order valence-electron chi connectivity index (χ1n) is 8.82. The standard InChI is InChI=1S/C20H21ClN4O4S/c1-27-15-8-6-13(10-14(15)21)22-20(26)19-18(23-24-25(19)11-30-4)12-5-7-16(28-2)17(9-12)29-3/h5-10H,11H2,1-4H3,(H,22,26). The SMILES string of the molecule is COc1ccc(NC(=O)c2c(-c3ccc(OC)c(OC)c3)nnn2CSC)cc1Cl. The zero-order valence-corrected chi connectivity index (χ0v) is 18.5. The fraction of sp³-hybridized carbons (Fsp3) is 0.250. The average Bonchev–Trinajstić information content (AvgIpc) is 3.17. The van der Waals surface area contributed by atoms with Gasteiger partial charge in [0.15, 0.2) is 17.2 Å². The lowest BCUT2D eigenvalue weighted by molar-refractivity contribution is 0.101. The third-order valence-corrected chi connectivity index (χ3v) is 5.07. The average molecular weight is 449 g/mol. The zero-order chi connectivity index (χ0) is 21.7. The van der Waals surface area contributed by atoms with Crippen LogP contribution in [0.4, 0.5) is 5.69 Å². The van der Waals surface area contributed by atoms with Gasteiger partial charge in [0.25, 0.3) is 5.91 Å². The molecule has 1 N–H and O–H groups in total. The summed E-state index contributed by atoms with van der Waals surface area (Å²) in [6.07, 6.45) is 1.92. The minimum Gasteiger partial charge on any atom is -0.495 e. The van der Waals surface area contributed by atoms with Crippen molar-refractivity contribution < 1.29 is 19.0 Å². The molecular formula is C20H21ClN4O4S. The fourth-order valence-corrected chi connectivity index (χ4v) is 3.55. The Morgan fingerprint density at radius 2 is 1.77 bits per heavy atom. The van der Waals surface area contributed by atoms with Gasteiger partial charge in [-0.05, 0) is 42.7 Å². The Balaban J connectivity index is 2.00. The van der Waals surface area contributed by atoms with Crippen LogP contribution in [0.25, 0.3) is 11.3 Å². The number of benzene rings is 2. The third kappa shape index (κ3) is 4.47. The Hall–Kier alpha value is -2.91. The lowest BCUT2D eigenvalue weighted by Crippen LogP contribution is -2.18. The molecule has 0 saturated carbocycles. The zero-order valence-electron chi connectivity index (χ0n) is 16.9. The van der Waals surface area contributed by atoms with E-state index in [9.17, 15) is 4.79 Å². The van der Waals surface area contributed by atoms with E-state index in [1.165, 1.54) is 18.9 Å². The minimum atomic E-state index is -0.361. The fourth-order valence-electron chi connectivity index (χ4n) is 2.86. The van der Waals surface area contributed by atoms with E-state index in [1.807, 2.05) is 6.26 Å². The molecule has 0 unspecified atom stereocenters. The van der Waals surface area contributed by atoms with E-state index in [2.05, 4.69) is 15.6 Å². The summed E-state index contributed by atoms with van der Waals surface area (Å²) in [4.78, 5) is 13.2. The number of ether oxygens (including phenoxy) is 3. The summed E-state index contributed by atoms with van der Waals surface area (Å²) in [6, 6.07) is 10.3. The number of carbonyl (C=O) groups excluding carboxylic acids is 1. The molecule has 8 nitrogen and oxygen atoms in total. The molecular weight excluding hydrogens is 428 g/mol. The van der Waals surface area contributed by atoms with Crippen molar-refractivity contribution >= 4 is 35.0 Å². The maximum atomic E-state index is 13.2. The molecule has 1 heterocycles. The minimum absolute atomic E-state index is 0.323. The van der Waals surface area contributed by atoms with Gasteiger partial charge in [-0.1, -0.05) is 16.8 Å². The number of carbonyl (C=O) groups is 1. The summed E-state index contributed by atoms with van der Waals surface area (Å²) in [7, 11) is 4.64. The summed E-state index contributed by atoms with van der Waals surface area (Å²) < 4.78 is 17.4. The Kier molecular flexibility index (Phi) is 7.07. The summed E-state index contributed by atoms with van der Waals surface area (Å²) in [6.45, 7) is 0. The first kappa shape index (κ1) is 21.8. The van der Waals surface area contributed by atoms with Gasteiger partial charge in [0, 0.05) is 11.3 Å². The molecule has 0 saturated heterocycles. The molecule has 158 valence electrons. The van der Waals surface area contributed by atoms with Crippen LogP contribution < -0.4 is 19.5 Å². The van der Waals surface area contributed by atoms with Crippen LogP contribution in [0.2, 0.25) is 5.02 Å². The highest BCUT2D eigenvalue weighted by atomic mass is 35.5. The van der Waals surface area contributed by atoms with Gasteiger partial charge in [0.05, 0.1) is 32.2 Å². The molecule has 3 rings (SSSR count). The normalized spacial score (nSPS) is 10.6. The van der Waals surface area contributed by atoms with E-state index in [0.29, 0.717) is 50.8 Å². The van der Waals surface area contributed by atoms with Crippen LogP contribution in [0.15, 0.2) is 36.4 Å². The number of hydrogen-bond acceptors (Lipinski definition) is 7. The Morgan fingerprint density at radius 3 is 2.40 bits per heavy atom. The molecule has 10 heteroatoms. The molecule has 0 fully saturated rings. The van der Waals surface area contributed by atoms with Crippen molar-refractivity contribution in [1.29, 1.82) is 0 Å². The predicted molar refractivity (Wildman–Crippen MR) is 118 cm³/mol. The van der Waals surface area contributed by atoms with Gasteiger partial charge >= 0.3 is 0 Å². The highest BCUT2D eigenvalue weighted by Crippen LogP contribution is 2.33. The number of halogens is 1. The maximum absolute atomic E-state index is 13.2. The monoisotopic (exact) mass is 448 g/mol. The smallest absolute Gasteiger partial charge is 0.276 e. The van der Waals surface area contributed by atoms with Crippen LogP contribution in [-0.4, -0.2) is 48.5 Å². The van der Waals surface area contributed by atoms with Gasteiger partial charge in [-0.3, -0.25) is 4.79 Å². The number of nitrogens with one attached hydrogen (secondary N) is 1. The van der Waals surface area contributed by atoms with Crippen LogP contribution in [0.5, 0.6) is 17.2 Å². The summed E-state index contributed by atoms with van der Waals surface area (Å²) in [5, 5.41) is 11.6. The molecule has 0 bridgehead atoms. The molecule has 2 aromatic carbocycles. The molecule has 30 heavy (non-hydrogen) atoms. The van der Waals surface area contributed by atoms with Crippen LogP contribution in [0.1, 0.15) is 10.5 Å². The summed E-state index contributed by atoms with van der Waals surface area (Å²) >= 11 is 7.69. The van der Waals surface area contributed by atoms with Gasteiger partial charge in [-0.2, -0.15) is 0 Å². The highest BCUT2D eigenvalue weighted by molar-refractivity contribution is 7.97. The van der Waals surface area contributed by atoms with Crippen molar-refractivity contribution in [3.63, 3.8) is 0 Å². The van der Waals surface area contributed by atoms with Crippen molar-refractivity contribution in [2.45, 2.75) is 5.88 Å². The summed E-state index contributed by atoms with van der Waals surface area (Å²) in [5.41, 5.74) is 1.96. The van der Waals surface area contributed by atoms with E-state index < -0.39 is 0 Å². The van der Waals surface area contributed by atoms with Gasteiger partial charge < -0.3 is 19.5 Å². The molecule has 0 aliphatic rings. The second-order valence-electron chi connectivity index (χ2n) is 6.08. The number of rotatable bonds is 8. The molecule has 0 radical (unpaired) electrons. The Labute approximate surface area is 183 Å². The Bertz CT molecular complexity index is 1060. The van der Waals surface area contributed by atoms with Crippen molar-refractivity contribution in [1.82, 2.24) is 15.0 Å². The van der Waals surface area contributed by atoms with Gasteiger partial charge in [-0.25, -0.2) is 4.68 Å². The first-order chi connectivity index (χ1) is 14.5. The largest absolute Gasteiger partial charge is 0.495 e. The number of methoxy groups -OCH3 is 3. The first-order valence-corrected chi connectivity index (χ1v) is 10.6. The van der Waals surface area contributed by atoms with E-state index >= 15 is 0 Å². The maximum Gasteiger partial charge on any atom is 0.276 e. The number of amides is 1. The van der Waals surface area contributed by atoms with Crippen LogP contribution in [0, 0.1) is 0 Å². The molecule has 0 aliphatic carbocycles. The van der Waals surface area contributed by atoms with Gasteiger partial charge in [0.2, 0.25) is 0 Å². The van der Waals surface area contributed by atoms with Gasteiger partial charge in [-0.15, -0.1) is 16.9 Å². The van der Waals surface area contributed by atoms with Gasteiger partial charge in [0.1, 0.15) is 11.4 Å². The second kappa shape index (κ2) is 9.73. The predicted octanol–water partition coefficient (Wildman–Crippen LogP) is 4.20. The van der Waals surface area contributed by atoms with Crippen LogP contribution in [-0.2, 0) is 5.88 Å². The molecule has 0 aliphatic heterocycles. The second-order valence-corrected chi connectivity index (χ2v) is 7.32. The van der Waals surface area contributed by atoms with E-state index in [1.54, 1.807) is 55.3 Å². The van der Waals surface area contributed by atoms with Crippen LogP contribution in [0.3, 0.4) is 0 Å². The lowest BCUT2D eigenvalue weighted by atomic mass is 10.1. The molecule has 0 atom stereocenters. The lowest BCUT2D eigenvalue weighted by Gasteiger charge is -2.11. The summed E-state index contributed by atoms with van der Waals surface area (Å²) in [5.74, 6) is 1.74. The van der Waals surface area contributed by atoms with E-state index in [-0.39, 0.29) is 5.91 Å². The number of hydrogen-bond donors (Lipinski definition) is 1. The molecule has 1 aromatic heterocycles. The molecule has 0 spiro atoms.